The zero-order valence-electron chi connectivity index (χ0n) is 9.25. The van der Waals surface area contributed by atoms with Gasteiger partial charge in [0.25, 0.3) is 0 Å². The summed E-state index contributed by atoms with van der Waals surface area (Å²) in [6, 6.07) is 0. The van der Waals surface area contributed by atoms with Crippen molar-refractivity contribution >= 4 is 6.09 Å². The summed E-state index contributed by atoms with van der Waals surface area (Å²) < 4.78 is 5.06. The maximum atomic E-state index is 11.3. The third kappa shape index (κ3) is 6.40. The number of carbonyl (C=O) groups is 1. The topological polar surface area (TPSA) is 38.8 Å². The molecule has 0 aliphatic heterocycles. The summed E-state index contributed by atoms with van der Waals surface area (Å²) >= 11 is 0. The van der Waals surface area contributed by atoms with Crippen molar-refractivity contribution in [2.24, 2.45) is 0 Å². The Balaban J connectivity index is 3.97. The van der Waals surface area contributed by atoms with E-state index in [9.17, 15) is 4.79 Å². The molecule has 0 N–H and O–H groups in total. The van der Waals surface area contributed by atoms with Crippen LogP contribution in [-0.2, 0) is 9.57 Å². The van der Waals surface area contributed by atoms with Crippen LogP contribution in [0.2, 0.25) is 0 Å². The zero-order chi connectivity index (χ0) is 10.6. The molecule has 0 bridgehead atoms. The van der Waals surface area contributed by atoms with Crippen molar-refractivity contribution < 1.29 is 14.4 Å². The van der Waals surface area contributed by atoms with E-state index in [1.54, 1.807) is 0 Å². The van der Waals surface area contributed by atoms with Crippen LogP contribution < -0.4 is 0 Å². The van der Waals surface area contributed by atoms with E-state index in [1.165, 1.54) is 7.05 Å². The Morgan fingerprint density at radius 1 is 1.31 bits per heavy atom. The van der Waals surface area contributed by atoms with Crippen molar-refractivity contribution in [1.29, 1.82) is 0 Å². The van der Waals surface area contributed by atoms with Gasteiger partial charge in [0.1, 0.15) is 5.60 Å². The average Bonchev–Trinajstić information content (AvgIpc) is 1.81. The van der Waals surface area contributed by atoms with Crippen molar-refractivity contribution in [3.8, 4) is 0 Å². The molecule has 0 saturated heterocycles. The smallest absolute Gasteiger partial charge is 0.434 e. The predicted molar refractivity (Wildman–Crippen MR) is 50.2 cm³/mol. The van der Waals surface area contributed by atoms with E-state index in [0.717, 1.165) is 5.06 Å². The van der Waals surface area contributed by atoms with E-state index in [2.05, 4.69) is 0 Å². The molecule has 78 valence electrons. The number of carbonyl (C=O) groups excluding carboxylic acids is 1. The third-order valence-electron chi connectivity index (χ3n) is 1.02. The molecule has 4 nitrogen and oxygen atoms in total. The molecule has 4 heteroatoms. The second-order valence-corrected chi connectivity index (χ2v) is 4.13. The lowest BCUT2D eigenvalue weighted by molar-refractivity contribution is -0.157. The molecule has 0 fully saturated rings. The number of hydrogen-bond acceptors (Lipinski definition) is 3. The summed E-state index contributed by atoms with van der Waals surface area (Å²) in [5.41, 5.74) is -0.480. The Hall–Kier alpha value is -0.770. The van der Waals surface area contributed by atoms with E-state index < -0.39 is 11.7 Å². The Bertz CT molecular complexity index is 172. The molecule has 0 aromatic heterocycles. The summed E-state index contributed by atoms with van der Waals surface area (Å²) in [5, 5.41) is 1.11. The van der Waals surface area contributed by atoms with Crippen LogP contribution in [0.1, 0.15) is 34.6 Å². The highest BCUT2D eigenvalue weighted by molar-refractivity contribution is 5.66. The molecule has 13 heavy (non-hydrogen) atoms. The molecule has 0 atom stereocenters. The second kappa shape index (κ2) is 4.46. The maximum absolute atomic E-state index is 11.3. The second-order valence-electron chi connectivity index (χ2n) is 4.13. The van der Waals surface area contributed by atoms with Crippen LogP contribution in [0.25, 0.3) is 0 Å². The summed E-state index contributed by atoms with van der Waals surface area (Å²) in [6.07, 6.45) is -0.501. The number of amides is 1. The van der Waals surface area contributed by atoms with Gasteiger partial charge in [-0.1, -0.05) is 0 Å². The van der Waals surface area contributed by atoms with Gasteiger partial charge in [-0.25, -0.2) is 4.79 Å². The molecule has 0 unspecified atom stereocenters. The van der Waals surface area contributed by atoms with Crippen LogP contribution in [0.3, 0.4) is 0 Å². The minimum Gasteiger partial charge on any atom is -0.442 e. The molecule has 0 radical (unpaired) electrons. The van der Waals surface area contributed by atoms with Crippen molar-refractivity contribution in [3.05, 3.63) is 0 Å². The highest BCUT2D eigenvalue weighted by Gasteiger charge is 2.20. The first kappa shape index (κ1) is 12.2. The Morgan fingerprint density at radius 3 is 2.08 bits per heavy atom. The largest absolute Gasteiger partial charge is 0.442 e. The van der Waals surface area contributed by atoms with Gasteiger partial charge in [0.15, 0.2) is 0 Å². The summed E-state index contributed by atoms with van der Waals surface area (Å²) in [5.74, 6) is 0. The van der Waals surface area contributed by atoms with E-state index in [1.807, 2.05) is 34.6 Å². The molecule has 0 rings (SSSR count). The molecular formula is C9H19NO3. The standard InChI is InChI=1S/C9H19NO3/c1-7(2)13-10(6)8(11)12-9(3,4)5/h7H,1-6H3. The van der Waals surface area contributed by atoms with E-state index in [0.29, 0.717) is 0 Å². The van der Waals surface area contributed by atoms with Crippen LogP contribution in [0.15, 0.2) is 0 Å². The average molecular weight is 189 g/mol. The molecule has 0 aromatic rings. The molecule has 0 spiro atoms. The van der Waals surface area contributed by atoms with Crippen molar-refractivity contribution in [1.82, 2.24) is 5.06 Å². The summed E-state index contributed by atoms with van der Waals surface area (Å²) in [7, 11) is 1.54. The van der Waals surface area contributed by atoms with Gasteiger partial charge in [0, 0.05) is 7.05 Å². The van der Waals surface area contributed by atoms with Crippen molar-refractivity contribution in [3.63, 3.8) is 0 Å². The maximum Gasteiger partial charge on any atom is 0.434 e. The molecule has 0 heterocycles. The van der Waals surface area contributed by atoms with Crippen LogP contribution in [0.4, 0.5) is 4.79 Å². The fraction of sp³-hybridized carbons (Fsp3) is 0.889. The lowest BCUT2D eigenvalue weighted by atomic mass is 10.2. The number of hydrogen-bond donors (Lipinski definition) is 0. The summed E-state index contributed by atoms with van der Waals surface area (Å²) in [6.45, 7) is 9.14. The quantitative estimate of drug-likeness (QED) is 0.625. The monoisotopic (exact) mass is 189 g/mol. The normalized spacial score (nSPS) is 11.6. The van der Waals surface area contributed by atoms with Gasteiger partial charge in [-0.05, 0) is 34.6 Å². The first-order valence-electron chi connectivity index (χ1n) is 4.36. The van der Waals surface area contributed by atoms with Gasteiger partial charge in [0.05, 0.1) is 6.10 Å². The van der Waals surface area contributed by atoms with Crippen LogP contribution in [0, 0.1) is 0 Å². The molecule has 1 amide bonds. The Labute approximate surface area is 79.8 Å². The highest BCUT2D eigenvalue weighted by Crippen LogP contribution is 2.09. The highest BCUT2D eigenvalue weighted by atomic mass is 16.7. The molecule has 0 aliphatic carbocycles. The lowest BCUT2D eigenvalue weighted by Crippen LogP contribution is -2.35. The molecule has 0 aromatic carbocycles. The molecule has 0 saturated carbocycles. The first-order valence-corrected chi connectivity index (χ1v) is 4.36. The van der Waals surface area contributed by atoms with E-state index in [-0.39, 0.29) is 6.10 Å². The zero-order valence-corrected chi connectivity index (χ0v) is 9.25. The van der Waals surface area contributed by atoms with Crippen molar-refractivity contribution in [2.45, 2.75) is 46.3 Å². The van der Waals surface area contributed by atoms with Gasteiger partial charge < -0.3 is 4.74 Å². The Morgan fingerprint density at radius 2 is 1.77 bits per heavy atom. The molecular weight excluding hydrogens is 170 g/mol. The fourth-order valence-corrected chi connectivity index (χ4v) is 0.685. The third-order valence-corrected chi connectivity index (χ3v) is 1.02. The van der Waals surface area contributed by atoms with Crippen LogP contribution >= 0.6 is 0 Å². The minimum atomic E-state index is -0.480. The van der Waals surface area contributed by atoms with Gasteiger partial charge in [0.2, 0.25) is 0 Å². The number of hydroxylamine groups is 2. The van der Waals surface area contributed by atoms with Crippen LogP contribution in [-0.4, -0.2) is 29.9 Å². The first-order chi connectivity index (χ1) is 5.72. The van der Waals surface area contributed by atoms with Gasteiger partial charge in [-0.3, -0.25) is 4.84 Å². The fourth-order valence-electron chi connectivity index (χ4n) is 0.685. The van der Waals surface area contributed by atoms with Gasteiger partial charge in [-0.2, -0.15) is 5.06 Å². The lowest BCUT2D eigenvalue weighted by Gasteiger charge is -2.25. The number of nitrogens with zero attached hydrogens (tertiary/aromatic N) is 1. The van der Waals surface area contributed by atoms with E-state index >= 15 is 0 Å². The van der Waals surface area contributed by atoms with Gasteiger partial charge >= 0.3 is 6.09 Å². The summed E-state index contributed by atoms with van der Waals surface area (Å²) in [4.78, 5) is 16.4. The number of ether oxygens (including phenoxy) is 1. The van der Waals surface area contributed by atoms with Crippen LogP contribution in [0.5, 0.6) is 0 Å². The van der Waals surface area contributed by atoms with E-state index in [4.69, 9.17) is 9.57 Å². The SMILES string of the molecule is CC(C)ON(C)C(=O)OC(C)(C)C. The molecule has 0 aliphatic rings. The predicted octanol–water partition coefficient (Wildman–Crippen LogP) is 2.19. The minimum absolute atomic E-state index is 0.0301. The van der Waals surface area contributed by atoms with Gasteiger partial charge in [-0.15, -0.1) is 0 Å². The Kier molecular flexibility index (Phi) is 4.20. The van der Waals surface area contributed by atoms with Crippen molar-refractivity contribution in [2.75, 3.05) is 7.05 Å². The number of rotatable bonds is 2.